The minimum Gasteiger partial charge on any atom is -0.329 e. The maximum absolute atomic E-state index is 5.89. The highest BCUT2D eigenvalue weighted by Crippen LogP contribution is 2.15. The number of pyridine rings is 1. The number of hydrogen-bond acceptors (Lipinski definition) is 4. The molecule has 18 heavy (non-hydrogen) atoms. The van der Waals surface area contributed by atoms with Crippen LogP contribution in [0.3, 0.4) is 0 Å². The van der Waals surface area contributed by atoms with Crippen molar-refractivity contribution < 1.29 is 0 Å². The smallest absolute Gasteiger partial charge is 0.0642 e. The maximum atomic E-state index is 5.89. The van der Waals surface area contributed by atoms with Crippen LogP contribution in [0.2, 0.25) is 0 Å². The molecule has 0 aromatic carbocycles. The summed E-state index contributed by atoms with van der Waals surface area (Å²) >= 11 is 0. The molecule has 2 heterocycles. The van der Waals surface area contributed by atoms with Crippen LogP contribution in [0, 0.1) is 0 Å². The van der Waals surface area contributed by atoms with Crippen LogP contribution < -0.4 is 5.73 Å². The van der Waals surface area contributed by atoms with Crippen molar-refractivity contribution in [1.29, 1.82) is 0 Å². The first-order valence-electron chi connectivity index (χ1n) is 6.85. The number of rotatable bonds is 6. The third-order valence-corrected chi connectivity index (χ3v) is 3.75. The van der Waals surface area contributed by atoms with Gasteiger partial charge in [-0.3, -0.25) is 9.88 Å². The number of nitrogens with zero attached hydrogens (tertiary/aromatic N) is 3. The van der Waals surface area contributed by atoms with Crippen molar-refractivity contribution in [3.63, 3.8) is 0 Å². The normalized spacial score (nSPS) is 18.4. The van der Waals surface area contributed by atoms with E-state index >= 15 is 0 Å². The van der Waals surface area contributed by atoms with Gasteiger partial charge in [0.15, 0.2) is 0 Å². The lowest BCUT2D eigenvalue weighted by Gasteiger charge is -2.28. The topological polar surface area (TPSA) is 45.4 Å². The molecule has 0 bridgehead atoms. The first kappa shape index (κ1) is 13.5. The molecule has 0 radical (unpaired) electrons. The third kappa shape index (κ3) is 3.51. The zero-order valence-corrected chi connectivity index (χ0v) is 11.3. The average molecular weight is 248 g/mol. The SMILES string of the molecule is CN(CCN1CCCC1)C(CN)c1ccccn1. The van der Waals surface area contributed by atoms with Crippen molar-refractivity contribution in [2.24, 2.45) is 5.73 Å². The summed E-state index contributed by atoms with van der Waals surface area (Å²) in [5.41, 5.74) is 6.97. The van der Waals surface area contributed by atoms with Crippen molar-refractivity contribution in [3.05, 3.63) is 30.1 Å². The minimum absolute atomic E-state index is 0.230. The molecular formula is C14H24N4. The fraction of sp³-hybridized carbons (Fsp3) is 0.643. The maximum Gasteiger partial charge on any atom is 0.0642 e. The van der Waals surface area contributed by atoms with Gasteiger partial charge in [0.1, 0.15) is 0 Å². The highest BCUT2D eigenvalue weighted by molar-refractivity contribution is 5.09. The molecule has 1 atom stereocenters. The van der Waals surface area contributed by atoms with E-state index in [1.807, 2.05) is 18.3 Å². The second-order valence-electron chi connectivity index (χ2n) is 5.04. The summed E-state index contributed by atoms with van der Waals surface area (Å²) in [6, 6.07) is 6.26. The summed E-state index contributed by atoms with van der Waals surface area (Å²) in [7, 11) is 2.14. The van der Waals surface area contributed by atoms with E-state index in [4.69, 9.17) is 5.73 Å². The molecule has 100 valence electrons. The highest BCUT2D eigenvalue weighted by Gasteiger charge is 2.18. The second-order valence-corrected chi connectivity index (χ2v) is 5.04. The number of hydrogen-bond donors (Lipinski definition) is 1. The van der Waals surface area contributed by atoms with E-state index in [-0.39, 0.29) is 6.04 Å². The Morgan fingerprint density at radius 3 is 2.78 bits per heavy atom. The van der Waals surface area contributed by atoms with Crippen molar-refractivity contribution >= 4 is 0 Å². The average Bonchev–Trinajstić information content (AvgIpc) is 2.92. The van der Waals surface area contributed by atoms with Gasteiger partial charge in [0, 0.05) is 25.8 Å². The molecule has 4 nitrogen and oxygen atoms in total. The van der Waals surface area contributed by atoms with Gasteiger partial charge < -0.3 is 10.6 Å². The van der Waals surface area contributed by atoms with Crippen molar-refractivity contribution in [2.75, 3.05) is 39.8 Å². The highest BCUT2D eigenvalue weighted by atomic mass is 15.2. The molecule has 2 N–H and O–H groups in total. The molecule has 1 aromatic rings. The van der Waals surface area contributed by atoms with E-state index in [0.29, 0.717) is 6.54 Å². The fourth-order valence-corrected chi connectivity index (χ4v) is 2.56. The van der Waals surface area contributed by atoms with E-state index < -0.39 is 0 Å². The molecule has 0 amide bonds. The van der Waals surface area contributed by atoms with E-state index in [2.05, 4.69) is 27.9 Å². The van der Waals surface area contributed by atoms with Crippen molar-refractivity contribution in [2.45, 2.75) is 18.9 Å². The van der Waals surface area contributed by atoms with Gasteiger partial charge in [0.2, 0.25) is 0 Å². The van der Waals surface area contributed by atoms with Gasteiger partial charge in [-0.1, -0.05) is 6.07 Å². The van der Waals surface area contributed by atoms with Crippen LogP contribution in [0.4, 0.5) is 0 Å². The Hall–Kier alpha value is -0.970. The van der Waals surface area contributed by atoms with Crippen LogP contribution in [-0.2, 0) is 0 Å². The van der Waals surface area contributed by atoms with Crippen LogP contribution in [-0.4, -0.2) is 54.6 Å². The molecule has 0 saturated carbocycles. The Morgan fingerprint density at radius 1 is 1.39 bits per heavy atom. The molecule has 4 heteroatoms. The number of nitrogens with two attached hydrogens (primary N) is 1. The second kappa shape index (κ2) is 6.83. The fourth-order valence-electron chi connectivity index (χ4n) is 2.56. The number of aromatic nitrogens is 1. The quantitative estimate of drug-likeness (QED) is 0.819. The van der Waals surface area contributed by atoms with Crippen molar-refractivity contribution in [3.8, 4) is 0 Å². The third-order valence-electron chi connectivity index (χ3n) is 3.75. The van der Waals surface area contributed by atoms with Crippen LogP contribution >= 0.6 is 0 Å². The lowest BCUT2D eigenvalue weighted by atomic mass is 10.1. The zero-order chi connectivity index (χ0) is 12.8. The molecule has 1 fully saturated rings. The predicted octanol–water partition coefficient (Wildman–Crippen LogP) is 1.11. The van der Waals surface area contributed by atoms with Crippen molar-refractivity contribution in [1.82, 2.24) is 14.8 Å². The van der Waals surface area contributed by atoms with Crippen LogP contribution in [0.1, 0.15) is 24.6 Å². The summed E-state index contributed by atoms with van der Waals surface area (Å²) in [5, 5.41) is 0. The Balaban J connectivity index is 1.87. The molecule has 2 rings (SSSR count). The summed E-state index contributed by atoms with van der Waals surface area (Å²) in [6.45, 7) is 5.32. The Labute approximate surface area is 110 Å². The van der Waals surface area contributed by atoms with Gasteiger partial charge in [0.05, 0.1) is 11.7 Å². The summed E-state index contributed by atoms with van der Waals surface area (Å²) in [6.07, 6.45) is 4.54. The Kier molecular flexibility index (Phi) is 5.11. The van der Waals surface area contributed by atoms with Gasteiger partial charge >= 0.3 is 0 Å². The first-order chi connectivity index (χ1) is 8.81. The monoisotopic (exact) mass is 248 g/mol. The standard InChI is InChI=1S/C14H24N4/c1-17(10-11-18-8-4-5-9-18)14(12-15)13-6-2-3-7-16-13/h2-3,6-7,14H,4-5,8-12,15H2,1H3. The molecule has 1 aromatic heterocycles. The molecule has 1 saturated heterocycles. The molecule has 0 aliphatic carbocycles. The zero-order valence-electron chi connectivity index (χ0n) is 11.3. The molecule has 1 aliphatic rings. The van der Waals surface area contributed by atoms with E-state index in [1.54, 1.807) is 0 Å². The molecular weight excluding hydrogens is 224 g/mol. The van der Waals surface area contributed by atoms with Gasteiger partial charge in [-0.05, 0) is 45.1 Å². The summed E-state index contributed by atoms with van der Waals surface area (Å²) < 4.78 is 0. The van der Waals surface area contributed by atoms with E-state index in [1.165, 1.54) is 25.9 Å². The first-order valence-corrected chi connectivity index (χ1v) is 6.85. The lowest BCUT2D eigenvalue weighted by molar-refractivity contribution is 0.207. The predicted molar refractivity (Wildman–Crippen MR) is 74.3 cm³/mol. The van der Waals surface area contributed by atoms with Gasteiger partial charge in [-0.25, -0.2) is 0 Å². The minimum atomic E-state index is 0.230. The largest absolute Gasteiger partial charge is 0.329 e. The van der Waals surface area contributed by atoms with Crippen LogP contribution in [0.15, 0.2) is 24.4 Å². The number of likely N-dealkylation sites (N-methyl/N-ethyl adjacent to an activating group) is 1. The summed E-state index contributed by atoms with van der Waals surface area (Å²) in [5.74, 6) is 0. The van der Waals surface area contributed by atoms with Gasteiger partial charge in [-0.15, -0.1) is 0 Å². The molecule has 0 spiro atoms. The number of likely N-dealkylation sites (tertiary alicyclic amines) is 1. The van der Waals surface area contributed by atoms with Crippen LogP contribution in [0.5, 0.6) is 0 Å². The van der Waals surface area contributed by atoms with E-state index in [9.17, 15) is 0 Å². The Bertz CT molecular complexity index is 335. The molecule has 1 aliphatic heterocycles. The van der Waals surface area contributed by atoms with Gasteiger partial charge in [-0.2, -0.15) is 0 Å². The van der Waals surface area contributed by atoms with E-state index in [0.717, 1.165) is 18.8 Å². The Morgan fingerprint density at radius 2 is 2.17 bits per heavy atom. The van der Waals surface area contributed by atoms with Crippen LogP contribution in [0.25, 0.3) is 0 Å². The molecule has 1 unspecified atom stereocenters. The van der Waals surface area contributed by atoms with Gasteiger partial charge in [0.25, 0.3) is 0 Å². The summed E-state index contributed by atoms with van der Waals surface area (Å²) in [4.78, 5) is 9.27. The lowest BCUT2D eigenvalue weighted by Crippen LogP contribution is -2.37.